The minimum atomic E-state index is -0.815. The highest BCUT2D eigenvalue weighted by molar-refractivity contribution is 6.35. The molecule has 0 atom stereocenters. The second-order valence-electron chi connectivity index (χ2n) is 3.20. The molecule has 0 aliphatic heterocycles. The first kappa shape index (κ1) is 12.6. The molecular formula is C9H12N6O2. The Kier molecular flexibility index (Phi) is 4.62. The van der Waals surface area contributed by atoms with E-state index in [0.29, 0.717) is 12.2 Å². The molecule has 0 aliphatic carbocycles. The number of nitrogens with zero attached hydrogens (tertiary/aromatic N) is 4. The Morgan fingerprint density at radius 3 is 2.76 bits per heavy atom. The highest BCUT2D eigenvalue weighted by atomic mass is 16.2. The molecule has 17 heavy (non-hydrogen) atoms. The zero-order valence-electron chi connectivity index (χ0n) is 9.30. The van der Waals surface area contributed by atoms with Crippen molar-refractivity contribution >= 4 is 11.8 Å². The Balaban J connectivity index is 2.27. The summed E-state index contributed by atoms with van der Waals surface area (Å²) in [7, 11) is 1.79. The van der Waals surface area contributed by atoms with Gasteiger partial charge in [-0.05, 0) is 0 Å². The summed E-state index contributed by atoms with van der Waals surface area (Å²) in [6, 6.07) is 1.71. The Morgan fingerprint density at radius 2 is 2.18 bits per heavy atom. The lowest BCUT2D eigenvalue weighted by atomic mass is 10.4. The molecule has 8 nitrogen and oxygen atoms in total. The first-order valence-electron chi connectivity index (χ1n) is 4.91. The van der Waals surface area contributed by atoms with Crippen molar-refractivity contribution in [1.29, 1.82) is 5.26 Å². The largest absolute Gasteiger partial charge is 0.347 e. The number of amides is 2. The lowest BCUT2D eigenvalue weighted by molar-refractivity contribution is -0.139. The number of carbonyl (C=O) groups excluding carboxylic acids is 2. The molecule has 1 rings (SSSR count). The molecule has 0 aromatic carbocycles. The van der Waals surface area contributed by atoms with Crippen LogP contribution in [0.15, 0.2) is 6.33 Å². The quantitative estimate of drug-likeness (QED) is 0.469. The molecule has 2 amide bonds. The second kappa shape index (κ2) is 6.22. The zero-order chi connectivity index (χ0) is 12.7. The number of carbonyl (C=O) groups is 2. The van der Waals surface area contributed by atoms with Crippen molar-refractivity contribution in [1.82, 2.24) is 25.4 Å². The molecule has 0 saturated carbocycles. The fraction of sp³-hybridized carbons (Fsp3) is 0.444. The van der Waals surface area contributed by atoms with Gasteiger partial charge < -0.3 is 15.2 Å². The number of nitrogens with one attached hydrogen (secondary N) is 2. The fourth-order valence-electron chi connectivity index (χ4n) is 1.10. The van der Waals surface area contributed by atoms with Crippen LogP contribution in [0.25, 0.3) is 0 Å². The van der Waals surface area contributed by atoms with Gasteiger partial charge in [-0.25, -0.2) is 0 Å². The molecule has 0 radical (unpaired) electrons. The molecule has 0 unspecified atom stereocenters. The number of hydrogen-bond donors (Lipinski definition) is 2. The number of rotatable bonds is 4. The summed E-state index contributed by atoms with van der Waals surface area (Å²) in [5.41, 5.74) is 0. The van der Waals surface area contributed by atoms with E-state index < -0.39 is 11.8 Å². The third kappa shape index (κ3) is 3.90. The average Bonchev–Trinajstić information content (AvgIpc) is 2.72. The standard InChI is InChI=1S/C9H12N6O2/c1-15-6-13-14-7(15)2-4-11-8(16)9(17)12-5-3-10/h6H,2,4-5H2,1H3,(H,11,16)(H,12,17). The van der Waals surface area contributed by atoms with Crippen LogP contribution in [-0.2, 0) is 23.1 Å². The van der Waals surface area contributed by atoms with Gasteiger partial charge in [-0.3, -0.25) is 9.59 Å². The van der Waals surface area contributed by atoms with Crippen molar-refractivity contribution in [2.75, 3.05) is 13.1 Å². The molecule has 0 spiro atoms. The monoisotopic (exact) mass is 236 g/mol. The number of aromatic nitrogens is 3. The van der Waals surface area contributed by atoms with Crippen molar-refractivity contribution in [3.8, 4) is 6.07 Å². The van der Waals surface area contributed by atoms with Crippen molar-refractivity contribution in [3.63, 3.8) is 0 Å². The number of aryl methyl sites for hydroxylation is 1. The predicted octanol–water partition coefficient (Wildman–Crippen LogP) is -1.89. The first-order valence-corrected chi connectivity index (χ1v) is 4.91. The van der Waals surface area contributed by atoms with Gasteiger partial charge in [0.15, 0.2) is 0 Å². The van der Waals surface area contributed by atoms with Gasteiger partial charge in [0.05, 0.1) is 6.07 Å². The molecule has 2 N–H and O–H groups in total. The van der Waals surface area contributed by atoms with Gasteiger partial charge in [0, 0.05) is 20.0 Å². The minimum Gasteiger partial charge on any atom is -0.347 e. The van der Waals surface area contributed by atoms with Crippen LogP contribution in [0.5, 0.6) is 0 Å². The van der Waals surface area contributed by atoms with Gasteiger partial charge in [-0.1, -0.05) is 0 Å². The summed E-state index contributed by atoms with van der Waals surface area (Å²) in [4.78, 5) is 22.2. The molecule has 1 aromatic rings. The van der Waals surface area contributed by atoms with E-state index in [9.17, 15) is 9.59 Å². The Morgan fingerprint density at radius 1 is 1.47 bits per heavy atom. The van der Waals surface area contributed by atoms with E-state index >= 15 is 0 Å². The molecule has 0 fully saturated rings. The van der Waals surface area contributed by atoms with Crippen molar-refractivity contribution < 1.29 is 9.59 Å². The number of hydrogen-bond acceptors (Lipinski definition) is 5. The highest BCUT2D eigenvalue weighted by Crippen LogP contribution is 1.90. The normalized spacial score (nSPS) is 9.41. The minimum absolute atomic E-state index is 0.185. The molecule has 1 aromatic heterocycles. The molecular weight excluding hydrogens is 224 g/mol. The van der Waals surface area contributed by atoms with E-state index in [4.69, 9.17) is 5.26 Å². The van der Waals surface area contributed by atoms with E-state index in [0.717, 1.165) is 0 Å². The van der Waals surface area contributed by atoms with Crippen molar-refractivity contribution in [2.24, 2.45) is 7.05 Å². The zero-order valence-corrected chi connectivity index (χ0v) is 9.30. The third-order valence-corrected chi connectivity index (χ3v) is 1.97. The van der Waals surface area contributed by atoms with E-state index in [1.807, 2.05) is 0 Å². The van der Waals surface area contributed by atoms with E-state index in [1.165, 1.54) is 0 Å². The highest BCUT2D eigenvalue weighted by Gasteiger charge is 2.12. The van der Waals surface area contributed by atoms with Gasteiger partial charge in [0.1, 0.15) is 18.7 Å². The molecule has 8 heteroatoms. The van der Waals surface area contributed by atoms with Crippen LogP contribution in [0.4, 0.5) is 0 Å². The predicted molar refractivity (Wildman–Crippen MR) is 56.3 cm³/mol. The first-order chi connectivity index (χ1) is 8.15. The van der Waals surface area contributed by atoms with Gasteiger partial charge in [-0.2, -0.15) is 5.26 Å². The van der Waals surface area contributed by atoms with Crippen LogP contribution in [-0.4, -0.2) is 39.7 Å². The SMILES string of the molecule is Cn1cnnc1CCNC(=O)C(=O)NCC#N. The van der Waals surface area contributed by atoms with Crippen LogP contribution in [0, 0.1) is 11.3 Å². The Labute approximate surface area is 97.6 Å². The summed E-state index contributed by atoms with van der Waals surface area (Å²) < 4.78 is 1.72. The van der Waals surface area contributed by atoms with Gasteiger partial charge in [0.25, 0.3) is 0 Å². The Hall–Kier alpha value is -2.43. The summed E-state index contributed by atoms with van der Waals surface area (Å²) in [6.45, 7) is 0.0981. The van der Waals surface area contributed by atoms with Gasteiger partial charge in [0.2, 0.25) is 0 Å². The van der Waals surface area contributed by atoms with E-state index in [1.54, 1.807) is 24.0 Å². The van der Waals surface area contributed by atoms with E-state index in [-0.39, 0.29) is 13.1 Å². The number of nitriles is 1. The summed E-state index contributed by atoms with van der Waals surface area (Å²) in [6.07, 6.45) is 2.03. The van der Waals surface area contributed by atoms with Crippen molar-refractivity contribution in [2.45, 2.75) is 6.42 Å². The van der Waals surface area contributed by atoms with Crippen LogP contribution in [0.3, 0.4) is 0 Å². The third-order valence-electron chi connectivity index (χ3n) is 1.97. The van der Waals surface area contributed by atoms with E-state index in [2.05, 4.69) is 20.8 Å². The molecule has 0 bridgehead atoms. The van der Waals surface area contributed by atoms with Crippen LogP contribution < -0.4 is 10.6 Å². The maximum absolute atomic E-state index is 11.2. The summed E-state index contributed by atoms with van der Waals surface area (Å²) in [5.74, 6) is -0.866. The van der Waals surface area contributed by atoms with Gasteiger partial charge in [-0.15, -0.1) is 10.2 Å². The fourth-order valence-corrected chi connectivity index (χ4v) is 1.10. The smallest absolute Gasteiger partial charge is 0.310 e. The summed E-state index contributed by atoms with van der Waals surface area (Å²) in [5, 5.41) is 20.3. The Bertz CT molecular complexity index is 447. The molecule has 0 aliphatic rings. The van der Waals surface area contributed by atoms with Crippen LogP contribution in [0.2, 0.25) is 0 Å². The topological polar surface area (TPSA) is 113 Å². The maximum Gasteiger partial charge on any atom is 0.310 e. The van der Waals surface area contributed by atoms with Gasteiger partial charge >= 0.3 is 11.8 Å². The molecule has 90 valence electrons. The molecule has 1 heterocycles. The maximum atomic E-state index is 11.2. The summed E-state index contributed by atoms with van der Waals surface area (Å²) >= 11 is 0. The lowest BCUT2D eigenvalue weighted by Crippen LogP contribution is -2.40. The molecule has 0 saturated heterocycles. The average molecular weight is 236 g/mol. The lowest BCUT2D eigenvalue weighted by Gasteiger charge is -2.03. The van der Waals surface area contributed by atoms with Crippen molar-refractivity contribution in [3.05, 3.63) is 12.2 Å². The van der Waals surface area contributed by atoms with Crippen LogP contribution >= 0.6 is 0 Å². The van der Waals surface area contributed by atoms with Crippen LogP contribution in [0.1, 0.15) is 5.82 Å². The second-order valence-corrected chi connectivity index (χ2v) is 3.20.